The number of nitrogens with zero attached hydrogens (tertiary/aromatic N) is 3. The molecule has 1 fully saturated rings. The van der Waals surface area contributed by atoms with Crippen molar-refractivity contribution in [1.29, 1.82) is 0 Å². The molecule has 0 saturated heterocycles. The van der Waals surface area contributed by atoms with Gasteiger partial charge in [-0.2, -0.15) is 0 Å². The van der Waals surface area contributed by atoms with E-state index >= 15 is 0 Å². The van der Waals surface area contributed by atoms with Crippen molar-refractivity contribution >= 4 is 28.5 Å². The molecule has 3 atom stereocenters. The van der Waals surface area contributed by atoms with Crippen LogP contribution in [-0.2, 0) is 17.8 Å². The van der Waals surface area contributed by atoms with Crippen molar-refractivity contribution in [3.8, 4) is 5.75 Å². The van der Waals surface area contributed by atoms with Crippen molar-refractivity contribution < 1.29 is 19.4 Å². The maximum Gasteiger partial charge on any atom is 0.319 e. The number of pyridine rings is 1. The molecule has 1 unspecified atom stereocenters. The van der Waals surface area contributed by atoms with Crippen LogP contribution in [0, 0.1) is 5.92 Å². The number of hydrogen-bond acceptors (Lipinski definition) is 6. The third kappa shape index (κ3) is 7.83. The summed E-state index contributed by atoms with van der Waals surface area (Å²) in [5.74, 6) is 0.573. The summed E-state index contributed by atoms with van der Waals surface area (Å²) in [5.41, 5.74) is 3.50. The Morgan fingerprint density at radius 3 is 2.74 bits per heavy atom. The quantitative estimate of drug-likeness (QED) is 0.344. The maximum absolute atomic E-state index is 13.6. The SMILES string of the molecule is CC(CO)N1C[C@@H](C)[C@H](CN(C)Cc2ccnc3ccccc23)Oc2ccc(NC(=O)NC3CCCCC3)cc2CC1=O. The van der Waals surface area contributed by atoms with Crippen LogP contribution in [0.15, 0.2) is 54.7 Å². The van der Waals surface area contributed by atoms with Gasteiger partial charge >= 0.3 is 6.03 Å². The van der Waals surface area contributed by atoms with Gasteiger partial charge in [0.15, 0.2) is 0 Å². The van der Waals surface area contributed by atoms with E-state index < -0.39 is 0 Å². The Bertz CT molecular complexity index is 1400. The highest BCUT2D eigenvalue weighted by atomic mass is 16.5. The van der Waals surface area contributed by atoms with Gasteiger partial charge in [-0.25, -0.2) is 4.79 Å². The Morgan fingerprint density at radius 1 is 1.16 bits per heavy atom. The van der Waals surface area contributed by atoms with Gasteiger partial charge in [0.25, 0.3) is 0 Å². The van der Waals surface area contributed by atoms with Gasteiger partial charge in [-0.1, -0.05) is 44.4 Å². The van der Waals surface area contributed by atoms with E-state index in [0.717, 1.165) is 48.7 Å². The molecule has 1 aliphatic carbocycles. The number of nitrogens with one attached hydrogen (secondary N) is 2. The number of likely N-dealkylation sites (N-methyl/N-ethyl adjacent to an activating group) is 1. The largest absolute Gasteiger partial charge is 0.488 e. The monoisotopic (exact) mass is 587 g/mol. The minimum atomic E-state index is -0.319. The summed E-state index contributed by atoms with van der Waals surface area (Å²) < 4.78 is 6.69. The molecule has 0 spiro atoms. The molecule has 0 bridgehead atoms. The lowest BCUT2D eigenvalue weighted by Crippen LogP contribution is -2.47. The lowest BCUT2D eigenvalue weighted by molar-refractivity contribution is -0.134. The Kier molecular flexibility index (Phi) is 10.1. The van der Waals surface area contributed by atoms with Crippen molar-refractivity contribution in [1.82, 2.24) is 20.1 Å². The fraction of sp³-hybridized carbons (Fsp3) is 0.500. The van der Waals surface area contributed by atoms with Crippen molar-refractivity contribution in [2.45, 2.75) is 77.1 Å². The van der Waals surface area contributed by atoms with E-state index in [9.17, 15) is 14.7 Å². The highest BCUT2D eigenvalue weighted by Crippen LogP contribution is 2.30. The van der Waals surface area contributed by atoms with Crippen molar-refractivity contribution in [3.05, 3.63) is 65.9 Å². The van der Waals surface area contributed by atoms with Crippen LogP contribution in [-0.4, -0.2) is 76.8 Å². The predicted molar refractivity (Wildman–Crippen MR) is 169 cm³/mol. The van der Waals surface area contributed by atoms with E-state index in [1.54, 1.807) is 4.90 Å². The molecule has 5 rings (SSSR count). The highest BCUT2D eigenvalue weighted by Gasteiger charge is 2.31. The fourth-order valence-corrected chi connectivity index (χ4v) is 6.28. The van der Waals surface area contributed by atoms with Crippen LogP contribution < -0.4 is 15.4 Å². The number of para-hydroxylation sites is 1. The number of aliphatic hydroxyl groups is 1. The second-order valence-corrected chi connectivity index (χ2v) is 12.3. The van der Waals surface area contributed by atoms with Gasteiger partial charge < -0.3 is 25.4 Å². The number of carbonyl (C=O) groups is 2. The highest BCUT2D eigenvalue weighted by molar-refractivity contribution is 5.90. The summed E-state index contributed by atoms with van der Waals surface area (Å²) in [6, 6.07) is 15.4. The summed E-state index contributed by atoms with van der Waals surface area (Å²) in [6.07, 6.45) is 7.26. The minimum Gasteiger partial charge on any atom is -0.488 e. The molecular weight excluding hydrogens is 542 g/mol. The average Bonchev–Trinajstić information content (AvgIpc) is 3.04. The summed E-state index contributed by atoms with van der Waals surface area (Å²) >= 11 is 0. The minimum absolute atomic E-state index is 0.000364. The first-order valence-corrected chi connectivity index (χ1v) is 15.6. The number of anilines is 1. The Labute approximate surface area is 254 Å². The van der Waals surface area contributed by atoms with Gasteiger partial charge in [0, 0.05) is 54.4 Å². The lowest BCUT2D eigenvalue weighted by Gasteiger charge is -2.34. The molecule has 3 N–H and O–H groups in total. The van der Waals surface area contributed by atoms with Gasteiger partial charge in [0.2, 0.25) is 5.91 Å². The first-order valence-electron chi connectivity index (χ1n) is 15.6. The molecule has 3 amide bonds. The number of fused-ring (bicyclic) bond motifs is 2. The molecule has 2 heterocycles. The second kappa shape index (κ2) is 14.2. The van der Waals surface area contributed by atoms with Gasteiger partial charge in [-0.3, -0.25) is 14.7 Å². The number of rotatable bonds is 8. The molecule has 2 aliphatic rings. The number of urea groups is 1. The van der Waals surface area contributed by atoms with E-state index in [4.69, 9.17) is 4.74 Å². The molecule has 1 aromatic heterocycles. The second-order valence-electron chi connectivity index (χ2n) is 12.3. The van der Waals surface area contributed by atoms with E-state index in [0.29, 0.717) is 24.5 Å². The third-order valence-corrected chi connectivity index (χ3v) is 8.79. The molecule has 1 aliphatic heterocycles. The van der Waals surface area contributed by atoms with E-state index in [1.807, 2.05) is 49.5 Å². The molecular formula is C34H45N5O4. The van der Waals surface area contributed by atoms with Crippen LogP contribution in [0.5, 0.6) is 5.75 Å². The van der Waals surface area contributed by atoms with Gasteiger partial charge in [0.1, 0.15) is 11.9 Å². The molecule has 43 heavy (non-hydrogen) atoms. The van der Waals surface area contributed by atoms with Crippen LogP contribution in [0.25, 0.3) is 10.9 Å². The van der Waals surface area contributed by atoms with Crippen LogP contribution in [0.2, 0.25) is 0 Å². The van der Waals surface area contributed by atoms with Crippen LogP contribution in [0.1, 0.15) is 57.1 Å². The summed E-state index contributed by atoms with van der Waals surface area (Å²) in [5, 5.41) is 17.1. The molecule has 3 aromatic rings. The molecule has 0 radical (unpaired) electrons. The number of carbonyl (C=O) groups excluding carboxylic acids is 2. The Balaban J connectivity index is 1.36. The van der Waals surface area contributed by atoms with Crippen LogP contribution in [0.3, 0.4) is 0 Å². The molecule has 9 nitrogen and oxygen atoms in total. The maximum atomic E-state index is 13.6. The predicted octanol–water partition coefficient (Wildman–Crippen LogP) is 4.97. The van der Waals surface area contributed by atoms with Crippen molar-refractivity contribution in [2.24, 2.45) is 5.92 Å². The number of ether oxygens (including phenoxy) is 1. The summed E-state index contributed by atoms with van der Waals surface area (Å²) in [4.78, 5) is 34.8. The lowest BCUT2D eigenvalue weighted by atomic mass is 9.96. The van der Waals surface area contributed by atoms with Crippen LogP contribution in [0.4, 0.5) is 10.5 Å². The first kappa shape index (κ1) is 30.8. The van der Waals surface area contributed by atoms with Crippen molar-refractivity contribution in [3.63, 3.8) is 0 Å². The van der Waals surface area contributed by atoms with Gasteiger partial charge in [-0.15, -0.1) is 0 Å². The standard InChI is InChI=1S/C34H45N5O4/c1-23-19-39(24(2)22-40)33(41)18-26-17-28(37-34(42)36-27-9-5-4-6-10-27)13-14-31(26)43-32(23)21-38(3)20-25-15-16-35-30-12-8-7-11-29(25)30/h7-8,11-17,23-24,27,32,40H,4-6,9-10,18-22H2,1-3H3,(H2,36,37,42)/t23-,24?,32+/m1/s1. The topological polar surface area (TPSA) is 107 Å². The zero-order valence-electron chi connectivity index (χ0n) is 25.6. The number of hydrogen-bond donors (Lipinski definition) is 3. The zero-order valence-corrected chi connectivity index (χ0v) is 25.6. The molecule has 2 aromatic carbocycles. The van der Waals surface area contributed by atoms with Crippen LogP contribution >= 0.6 is 0 Å². The summed E-state index contributed by atoms with van der Waals surface area (Å²) in [7, 11) is 2.08. The Morgan fingerprint density at radius 2 is 1.95 bits per heavy atom. The normalized spacial score (nSPS) is 20.5. The average molecular weight is 588 g/mol. The number of aliphatic hydroxyl groups excluding tert-OH is 1. The molecule has 1 saturated carbocycles. The smallest absolute Gasteiger partial charge is 0.319 e. The number of aromatic nitrogens is 1. The fourth-order valence-electron chi connectivity index (χ4n) is 6.28. The molecule has 230 valence electrons. The third-order valence-electron chi connectivity index (χ3n) is 8.79. The van der Waals surface area contributed by atoms with Crippen molar-refractivity contribution in [2.75, 3.05) is 32.1 Å². The first-order chi connectivity index (χ1) is 20.8. The summed E-state index contributed by atoms with van der Waals surface area (Å²) in [6.45, 7) is 5.68. The van der Waals surface area contributed by atoms with E-state index in [2.05, 4.69) is 46.6 Å². The Hall–Kier alpha value is -3.69. The van der Waals surface area contributed by atoms with E-state index in [1.165, 1.54) is 12.0 Å². The van der Waals surface area contributed by atoms with Gasteiger partial charge in [-0.05, 0) is 62.7 Å². The number of amides is 3. The molecule has 9 heteroatoms. The zero-order chi connectivity index (χ0) is 30.3. The van der Waals surface area contributed by atoms with E-state index in [-0.39, 0.29) is 49.1 Å². The van der Waals surface area contributed by atoms with Gasteiger partial charge in [0.05, 0.1) is 24.6 Å². The number of benzene rings is 2.